The summed E-state index contributed by atoms with van der Waals surface area (Å²) in [5, 5.41) is 0.349. The Labute approximate surface area is 186 Å². The molecule has 3 aromatic rings. The second kappa shape index (κ2) is 8.98. The Balaban J connectivity index is 1.75. The van der Waals surface area contributed by atoms with Crippen LogP contribution in [0.4, 0.5) is 11.6 Å². The molecular formula is C23H25ClN4O3. The fourth-order valence-corrected chi connectivity index (χ4v) is 3.80. The van der Waals surface area contributed by atoms with Crippen LogP contribution in [0.15, 0.2) is 36.4 Å². The molecular weight excluding hydrogens is 416 g/mol. The largest absolute Gasteiger partial charge is 0.490 e. The van der Waals surface area contributed by atoms with Gasteiger partial charge in [-0.2, -0.15) is 0 Å². The van der Waals surface area contributed by atoms with Crippen molar-refractivity contribution in [3.05, 3.63) is 47.0 Å². The number of anilines is 2. The van der Waals surface area contributed by atoms with Crippen LogP contribution in [0.2, 0.25) is 5.02 Å². The summed E-state index contributed by atoms with van der Waals surface area (Å²) in [7, 11) is 1.95. The molecule has 0 saturated heterocycles. The average molecular weight is 441 g/mol. The number of nitrogens with zero attached hydrogens (tertiary/aromatic N) is 4. The van der Waals surface area contributed by atoms with Crippen LogP contribution in [0, 0.1) is 0 Å². The minimum Gasteiger partial charge on any atom is -0.490 e. The fraction of sp³-hybridized carbons (Fsp3) is 0.348. The van der Waals surface area contributed by atoms with Crippen molar-refractivity contribution >= 4 is 40.2 Å². The number of likely N-dealkylation sites (N-methyl/N-ethyl adjacent to an activating group) is 1. The molecule has 0 fully saturated rings. The smallest absolute Gasteiger partial charge is 0.259 e. The topological polar surface area (TPSA) is 67.8 Å². The van der Waals surface area contributed by atoms with E-state index in [4.69, 9.17) is 31.0 Å². The SMILES string of the molecule is CCCOc1c(Cl)cc(C(=O)N2CCN(C)c3nc4ccccc4nc32)cc1OCC. The lowest BCUT2D eigenvalue weighted by Crippen LogP contribution is -2.43. The molecule has 7 nitrogen and oxygen atoms in total. The maximum absolute atomic E-state index is 13.5. The molecule has 1 amide bonds. The first-order chi connectivity index (χ1) is 15.0. The van der Waals surface area contributed by atoms with Crippen molar-refractivity contribution in [2.75, 3.05) is 43.2 Å². The predicted octanol–water partition coefficient (Wildman–Crippen LogP) is 4.57. The van der Waals surface area contributed by atoms with Gasteiger partial charge in [0.05, 0.1) is 29.3 Å². The summed E-state index contributed by atoms with van der Waals surface area (Å²) in [6, 6.07) is 11.0. The zero-order valence-electron chi connectivity index (χ0n) is 17.9. The van der Waals surface area contributed by atoms with Gasteiger partial charge >= 0.3 is 0 Å². The summed E-state index contributed by atoms with van der Waals surface area (Å²) in [4.78, 5) is 26.7. The Morgan fingerprint density at radius 2 is 1.77 bits per heavy atom. The van der Waals surface area contributed by atoms with Crippen LogP contribution in [-0.4, -0.2) is 49.2 Å². The Bertz CT molecular complexity index is 1120. The molecule has 162 valence electrons. The molecule has 0 bridgehead atoms. The van der Waals surface area contributed by atoms with Gasteiger partial charge in [0.15, 0.2) is 23.1 Å². The molecule has 0 unspecified atom stereocenters. The molecule has 8 heteroatoms. The van der Waals surface area contributed by atoms with E-state index in [-0.39, 0.29) is 5.91 Å². The third-order valence-corrected chi connectivity index (χ3v) is 5.34. The van der Waals surface area contributed by atoms with Gasteiger partial charge in [0.2, 0.25) is 0 Å². The molecule has 1 aliphatic heterocycles. The van der Waals surface area contributed by atoms with Gasteiger partial charge in [0.25, 0.3) is 5.91 Å². The van der Waals surface area contributed by atoms with Crippen molar-refractivity contribution in [3.8, 4) is 11.5 Å². The van der Waals surface area contributed by atoms with Crippen LogP contribution in [-0.2, 0) is 0 Å². The molecule has 0 saturated carbocycles. The van der Waals surface area contributed by atoms with E-state index in [0.29, 0.717) is 60.0 Å². The van der Waals surface area contributed by atoms with Crippen LogP contribution in [0.3, 0.4) is 0 Å². The number of hydrogen-bond acceptors (Lipinski definition) is 6. The van der Waals surface area contributed by atoms with Crippen molar-refractivity contribution < 1.29 is 14.3 Å². The van der Waals surface area contributed by atoms with E-state index < -0.39 is 0 Å². The van der Waals surface area contributed by atoms with Crippen LogP contribution in [0.5, 0.6) is 11.5 Å². The molecule has 1 aliphatic rings. The second-order valence-corrected chi connectivity index (χ2v) is 7.71. The summed E-state index contributed by atoms with van der Waals surface area (Å²) in [6.45, 7) is 5.98. The van der Waals surface area contributed by atoms with Crippen molar-refractivity contribution in [2.24, 2.45) is 0 Å². The number of rotatable bonds is 6. The number of hydrogen-bond donors (Lipinski definition) is 0. The summed E-state index contributed by atoms with van der Waals surface area (Å²) in [5.74, 6) is 1.94. The third kappa shape index (κ3) is 4.10. The highest BCUT2D eigenvalue weighted by Crippen LogP contribution is 2.38. The zero-order valence-corrected chi connectivity index (χ0v) is 18.6. The summed E-state index contributed by atoms with van der Waals surface area (Å²) in [6.07, 6.45) is 0.841. The van der Waals surface area contributed by atoms with Gasteiger partial charge in [-0.3, -0.25) is 9.69 Å². The van der Waals surface area contributed by atoms with Gasteiger partial charge in [-0.25, -0.2) is 9.97 Å². The van der Waals surface area contributed by atoms with Crippen molar-refractivity contribution in [3.63, 3.8) is 0 Å². The number of aromatic nitrogens is 2. The number of para-hydroxylation sites is 2. The lowest BCUT2D eigenvalue weighted by molar-refractivity contribution is 0.0985. The van der Waals surface area contributed by atoms with E-state index in [2.05, 4.69) is 0 Å². The molecule has 2 aromatic carbocycles. The normalized spacial score (nSPS) is 13.3. The number of fused-ring (bicyclic) bond motifs is 2. The Kier molecular flexibility index (Phi) is 6.13. The summed E-state index contributed by atoms with van der Waals surface area (Å²) < 4.78 is 11.5. The van der Waals surface area contributed by atoms with Crippen molar-refractivity contribution in [2.45, 2.75) is 20.3 Å². The minimum atomic E-state index is -0.205. The highest BCUT2D eigenvalue weighted by Gasteiger charge is 2.30. The first-order valence-corrected chi connectivity index (χ1v) is 10.8. The molecule has 0 spiro atoms. The second-order valence-electron chi connectivity index (χ2n) is 7.30. The molecule has 4 rings (SSSR count). The molecule has 0 atom stereocenters. The summed E-state index contributed by atoms with van der Waals surface area (Å²) in [5.41, 5.74) is 1.95. The number of benzene rings is 2. The van der Waals surface area contributed by atoms with E-state index in [9.17, 15) is 4.79 Å². The molecule has 31 heavy (non-hydrogen) atoms. The third-order valence-electron chi connectivity index (χ3n) is 5.06. The van der Waals surface area contributed by atoms with E-state index in [1.165, 1.54) is 0 Å². The maximum Gasteiger partial charge on any atom is 0.259 e. The minimum absolute atomic E-state index is 0.205. The lowest BCUT2D eigenvalue weighted by Gasteiger charge is -2.34. The number of halogens is 1. The number of amides is 1. The monoisotopic (exact) mass is 440 g/mol. The molecule has 0 radical (unpaired) electrons. The van der Waals surface area contributed by atoms with E-state index in [0.717, 1.165) is 17.5 Å². The van der Waals surface area contributed by atoms with Gasteiger partial charge in [0, 0.05) is 25.7 Å². The Hall–Kier alpha value is -3.06. The zero-order chi connectivity index (χ0) is 22.0. The maximum atomic E-state index is 13.5. The van der Waals surface area contributed by atoms with Gasteiger partial charge < -0.3 is 14.4 Å². The number of carbonyl (C=O) groups is 1. The van der Waals surface area contributed by atoms with Crippen LogP contribution in [0.25, 0.3) is 11.0 Å². The van der Waals surface area contributed by atoms with Crippen molar-refractivity contribution in [1.82, 2.24) is 9.97 Å². The van der Waals surface area contributed by atoms with Gasteiger partial charge in [0.1, 0.15) is 0 Å². The molecule has 1 aromatic heterocycles. The van der Waals surface area contributed by atoms with E-state index in [1.807, 2.05) is 50.1 Å². The standard InChI is InChI=1S/C23H25ClN4O3/c1-4-12-31-20-16(24)13-15(14-19(20)30-5-2)23(29)28-11-10-27(3)21-22(28)26-18-9-7-6-8-17(18)25-21/h6-9,13-14H,4-5,10-12H2,1-3H3. The molecule has 0 aliphatic carbocycles. The predicted molar refractivity (Wildman–Crippen MR) is 123 cm³/mol. The lowest BCUT2D eigenvalue weighted by atomic mass is 10.1. The van der Waals surface area contributed by atoms with Crippen molar-refractivity contribution in [1.29, 1.82) is 0 Å². The average Bonchev–Trinajstić information content (AvgIpc) is 2.77. The fourth-order valence-electron chi connectivity index (χ4n) is 3.53. The quantitative estimate of drug-likeness (QED) is 0.559. The van der Waals surface area contributed by atoms with E-state index in [1.54, 1.807) is 17.0 Å². The van der Waals surface area contributed by atoms with Crippen LogP contribution in [0.1, 0.15) is 30.6 Å². The van der Waals surface area contributed by atoms with Gasteiger partial charge in [-0.1, -0.05) is 30.7 Å². The number of carbonyl (C=O) groups excluding carboxylic acids is 1. The van der Waals surface area contributed by atoms with E-state index >= 15 is 0 Å². The summed E-state index contributed by atoms with van der Waals surface area (Å²) >= 11 is 6.48. The van der Waals surface area contributed by atoms with Gasteiger partial charge in [-0.05, 0) is 37.6 Å². The highest BCUT2D eigenvalue weighted by atomic mass is 35.5. The number of ether oxygens (including phenoxy) is 2. The highest BCUT2D eigenvalue weighted by molar-refractivity contribution is 6.33. The molecule has 0 N–H and O–H groups in total. The Morgan fingerprint density at radius 1 is 1.06 bits per heavy atom. The van der Waals surface area contributed by atoms with Crippen LogP contribution >= 0.6 is 11.6 Å². The Morgan fingerprint density at radius 3 is 2.45 bits per heavy atom. The van der Waals surface area contributed by atoms with Gasteiger partial charge in [-0.15, -0.1) is 0 Å². The van der Waals surface area contributed by atoms with Crippen LogP contribution < -0.4 is 19.3 Å². The first kappa shape index (κ1) is 21.2. The molecule has 2 heterocycles. The first-order valence-electron chi connectivity index (χ1n) is 10.4.